The summed E-state index contributed by atoms with van der Waals surface area (Å²) in [6.07, 6.45) is 7.88. The molecule has 7 nitrogen and oxygen atoms in total. The zero-order chi connectivity index (χ0) is 16.8. The van der Waals surface area contributed by atoms with Gasteiger partial charge >= 0.3 is 0 Å². The van der Waals surface area contributed by atoms with Crippen LogP contribution < -0.4 is 4.90 Å². The van der Waals surface area contributed by atoms with Crippen molar-refractivity contribution in [3.8, 4) is 0 Å². The smallest absolute Gasteiger partial charge is 0.230 e. The average Bonchev–Trinajstić information content (AvgIpc) is 3.57. The highest BCUT2D eigenvalue weighted by Crippen LogP contribution is 2.39. The van der Waals surface area contributed by atoms with Crippen molar-refractivity contribution in [1.82, 2.24) is 25.1 Å². The Labute approximate surface area is 147 Å². The number of aromatic nitrogens is 4. The van der Waals surface area contributed by atoms with E-state index in [2.05, 4.69) is 32.0 Å². The van der Waals surface area contributed by atoms with E-state index < -0.39 is 0 Å². The number of likely N-dealkylation sites (tertiary alicyclic amines) is 1. The van der Waals surface area contributed by atoms with Crippen LogP contribution in [0.2, 0.25) is 0 Å². The third kappa shape index (κ3) is 3.25. The number of hydrogen-bond acceptors (Lipinski definition) is 7. The van der Waals surface area contributed by atoms with Crippen LogP contribution in [-0.2, 0) is 6.54 Å². The molecule has 1 atom stereocenters. The summed E-state index contributed by atoms with van der Waals surface area (Å²) in [4.78, 5) is 13.9. The maximum atomic E-state index is 5.80. The summed E-state index contributed by atoms with van der Waals surface area (Å²) < 4.78 is 5.80. The normalized spacial score (nSPS) is 24.0. The van der Waals surface area contributed by atoms with Crippen LogP contribution in [0.1, 0.15) is 61.5 Å². The minimum Gasteiger partial charge on any atom is -0.424 e. The Kier molecular flexibility index (Phi) is 3.69. The average molecular weight is 340 g/mol. The van der Waals surface area contributed by atoms with Gasteiger partial charge in [0.05, 0.1) is 6.54 Å². The Bertz CT molecular complexity index is 754. The van der Waals surface area contributed by atoms with Crippen LogP contribution in [0.3, 0.4) is 0 Å². The van der Waals surface area contributed by atoms with Crippen molar-refractivity contribution < 1.29 is 4.42 Å². The molecule has 2 aromatic heterocycles. The van der Waals surface area contributed by atoms with Gasteiger partial charge in [-0.1, -0.05) is 0 Å². The van der Waals surface area contributed by atoms with Crippen molar-refractivity contribution in [1.29, 1.82) is 0 Å². The van der Waals surface area contributed by atoms with Crippen molar-refractivity contribution >= 4 is 5.82 Å². The molecule has 1 unspecified atom stereocenters. The predicted octanol–water partition coefficient (Wildman–Crippen LogP) is 2.33. The van der Waals surface area contributed by atoms with E-state index in [0.717, 1.165) is 49.5 Å². The molecule has 0 amide bonds. The van der Waals surface area contributed by atoms with Crippen LogP contribution in [0.5, 0.6) is 0 Å². The van der Waals surface area contributed by atoms with E-state index in [4.69, 9.17) is 9.40 Å². The van der Waals surface area contributed by atoms with Crippen LogP contribution in [0.15, 0.2) is 16.7 Å². The van der Waals surface area contributed by atoms with E-state index >= 15 is 0 Å². The quantitative estimate of drug-likeness (QED) is 0.799. The standard InChI is InChI=1S/C18H24N6O/c1-23(15-6-8-19-17(20-15)12-2-3-12)14-7-9-24(10-14)11-16-21-22-18(25-16)13-4-5-13/h6,8,12-14H,2-5,7,9-11H2,1H3. The predicted molar refractivity (Wildman–Crippen MR) is 92.4 cm³/mol. The summed E-state index contributed by atoms with van der Waals surface area (Å²) in [5, 5.41) is 8.40. The van der Waals surface area contributed by atoms with E-state index in [9.17, 15) is 0 Å². The Morgan fingerprint density at radius 1 is 1.16 bits per heavy atom. The SMILES string of the molecule is CN(c1ccnc(C2CC2)n1)C1CCN(Cc2nnc(C3CC3)o2)C1. The maximum Gasteiger partial charge on any atom is 0.230 e. The lowest BCUT2D eigenvalue weighted by Gasteiger charge is -2.26. The van der Waals surface area contributed by atoms with Crippen LogP contribution in [-0.4, -0.2) is 51.2 Å². The summed E-state index contributed by atoms with van der Waals surface area (Å²) in [7, 11) is 2.14. The molecule has 2 aliphatic carbocycles. The molecule has 3 aliphatic rings. The summed E-state index contributed by atoms with van der Waals surface area (Å²) in [5.41, 5.74) is 0. The van der Waals surface area contributed by atoms with Crippen molar-refractivity contribution in [3.05, 3.63) is 29.9 Å². The van der Waals surface area contributed by atoms with Gasteiger partial charge < -0.3 is 9.32 Å². The number of hydrogen-bond donors (Lipinski definition) is 0. The van der Waals surface area contributed by atoms with Gasteiger partial charge in [-0.25, -0.2) is 9.97 Å². The van der Waals surface area contributed by atoms with Gasteiger partial charge in [0.25, 0.3) is 0 Å². The Balaban J connectivity index is 1.21. The molecule has 3 heterocycles. The van der Waals surface area contributed by atoms with Gasteiger partial charge in [0.1, 0.15) is 11.6 Å². The van der Waals surface area contributed by atoms with Crippen molar-refractivity contribution in [2.75, 3.05) is 25.0 Å². The lowest BCUT2D eigenvalue weighted by atomic mass is 10.2. The summed E-state index contributed by atoms with van der Waals surface area (Å²) >= 11 is 0. The third-order valence-electron chi connectivity index (χ3n) is 5.53. The van der Waals surface area contributed by atoms with Gasteiger partial charge in [-0.05, 0) is 38.2 Å². The second kappa shape index (κ2) is 6.05. The van der Waals surface area contributed by atoms with E-state index in [1.807, 2.05) is 12.3 Å². The first-order chi connectivity index (χ1) is 12.3. The molecule has 0 radical (unpaired) electrons. The Morgan fingerprint density at radius 2 is 2.00 bits per heavy atom. The van der Waals surface area contributed by atoms with Crippen LogP contribution in [0.4, 0.5) is 5.82 Å². The topological polar surface area (TPSA) is 71.2 Å². The van der Waals surface area contributed by atoms with Gasteiger partial charge in [0, 0.05) is 44.2 Å². The number of rotatable bonds is 6. The molecule has 5 rings (SSSR count). The van der Waals surface area contributed by atoms with E-state index in [1.165, 1.54) is 25.7 Å². The summed E-state index contributed by atoms with van der Waals surface area (Å²) in [6, 6.07) is 2.49. The maximum absolute atomic E-state index is 5.80. The second-order valence-electron chi connectivity index (χ2n) is 7.64. The minimum absolute atomic E-state index is 0.466. The van der Waals surface area contributed by atoms with Crippen molar-refractivity contribution in [3.63, 3.8) is 0 Å². The largest absolute Gasteiger partial charge is 0.424 e. The van der Waals surface area contributed by atoms with Crippen LogP contribution in [0.25, 0.3) is 0 Å². The zero-order valence-corrected chi connectivity index (χ0v) is 14.6. The Hall–Kier alpha value is -2.02. The number of nitrogens with zero attached hydrogens (tertiary/aromatic N) is 6. The highest BCUT2D eigenvalue weighted by Gasteiger charge is 2.32. The molecule has 1 saturated heterocycles. The first-order valence-electron chi connectivity index (χ1n) is 9.36. The first-order valence-corrected chi connectivity index (χ1v) is 9.36. The fourth-order valence-corrected chi connectivity index (χ4v) is 3.57. The molecule has 0 N–H and O–H groups in total. The molecule has 7 heteroatoms. The highest BCUT2D eigenvalue weighted by molar-refractivity contribution is 5.39. The van der Waals surface area contributed by atoms with E-state index in [0.29, 0.717) is 17.9 Å². The molecule has 0 bridgehead atoms. The zero-order valence-electron chi connectivity index (χ0n) is 14.6. The molecule has 25 heavy (non-hydrogen) atoms. The van der Waals surface area contributed by atoms with Gasteiger partial charge in [0.2, 0.25) is 11.8 Å². The highest BCUT2D eigenvalue weighted by atomic mass is 16.4. The fraction of sp³-hybridized carbons (Fsp3) is 0.667. The van der Waals surface area contributed by atoms with Crippen LogP contribution in [0, 0.1) is 0 Å². The molecule has 3 fully saturated rings. The van der Waals surface area contributed by atoms with Crippen molar-refractivity contribution in [2.24, 2.45) is 0 Å². The Morgan fingerprint density at radius 3 is 2.80 bits per heavy atom. The first kappa shape index (κ1) is 15.3. The molecule has 2 aromatic rings. The molecular formula is C18H24N6O. The van der Waals surface area contributed by atoms with Gasteiger partial charge in [-0.3, -0.25) is 4.90 Å². The molecule has 0 spiro atoms. The molecule has 132 valence electrons. The second-order valence-corrected chi connectivity index (χ2v) is 7.64. The number of anilines is 1. The van der Waals surface area contributed by atoms with E-state index in [1.54, 1.807) is 0 Å². The van der Waals surface area contributed by atoms with Crippen molar-refractivity contribution in [2.45, 2.75) is 56.5 Å². The lowest BCUT2D eigenvalue weighted by molar-refractivity contribution is 0.282. The van der Waals surface area contributed by atoms with Crippen LogP contribution >= 0.6 is 0 Å². The third-order valence-corrected chi connectivity index (χ3v) is 5.53. The summed E-state index contributed by atoms with van der Waals surface area (Å²) in [5.74, 6) is 4.75. The van der Waals surface area contributed by atoms with Gasteiger partial charge in [-0.2, -0.15) is 0 Å². The fourth-order valence-electron chi connectivity index (χ4n) is 3.57. The monoisotopic (exact) mass is 340 g/mol. The molecule has 1 aliphatic heterocycles. The number of likely N-dealkylation sites (N-methyl/N-ethyl adjacent to an activating group) is 1. The minimum atomic E-state index is 0.466. The van der Waals surface area contributed by atoms with E-state index in [-0.39, 0.29) is 0 Å². The van der Waals surface area contributed by atoms with Gasteiger partial charge in [0.15, 0.2) is 0 Å². The lowest BCUT2D eigenvalue weighted by Crippen LogP contribution is -2.35. The van der Waals surface area contributed by atoms with Gasteiger partial charge in [-0.15, -0.1) is 10.2 Å². The molecule has 2 saturated carbocycles. The summed E-state index contributed by atoms with van der Waals surface area (Å²) in [6.45, 7) is 2.80. The molecular weight excluding hydrogens is 316 g/mol. The molecule has 0 aromatic carbocycles.